The standard InChI is InChI=1S/C47H56O16/c48-24-36-40(54)42(56)44(58)46(62-36)60-34-16-14-26(20-32(34)30-12-6-10-28(18-30)22-38(50)51)8-4-2-1-3-5-9-27-15-17-35(61-47-45(59)43(57)41(55)37(25-49)63-47)33(21-27)31-13-7-11-29(19-31)23-39(52)53/h6-7,10-21,36-37,40-49,54-59H,1-5,8-9,22-25H2,(H,50,51)(H,52,53)/t36-,37-,40-,41-,42+,43+,44+,45+,46-,47-/m1/s1. The fraction of sp³-hybridized carbons (Fsp3) is 0.447. The molecular formula is C47H56O16. The zero-order valence-electron chi connectivity index (χ0n) is 34.6. The molecule has 10 N–H and O–H groups in total. The summed E-state index contributed by atoms with van der Waals surface area (Å²) < 4.78 is 23.3. The molecule has 63 heavy (non-hydrogen) atoms. The Bertz CT molecular complexity index is 1990. The average Bonchev–Trinajstić information content (AvgIpc) is 3.26. The molecule has 0 aliphatic carbocycles. The highest BCUT2D eigenvalue weighted by molar-refractivity contribution is 5.76. The number of hydrogen-bond donors (Lipinski definition) is 10. The van der Waals surface area contributed by atoms with Crippen LogP contribution in [0.4, 0.5) is 0 Å². The average molecular weight is 877 g/mol. The van der Waals surface area contributed by atoms with Crippen LogP contribution in [0.1, 0.15) is 54.4 Å². The predicted octanol–water partition coefficient (Wildman–Crippen LogP) is 2.37. The van der Waals surface area contributed by atoms with Crippen molar-refractivity contribution in [2.24, 2.45) is 0 Å². The van der Waals surface area contributed by atoms with Gasteiger partial charge in [-0.1, -0.05) is 79.9 Å². The largest absolute Gasteiger partial charge is 0.481 e. The maximum absolute atomic E-state index is 11.5. The van der Waals surface area contributed by atoms with Gasteiger partial charge in [0.2, 0.25) is 12.6 Å². The summed E-state index contributed by atoms with van der Waals surface area (Å²) in [6, 6.07) is 25.1. The van der Waals surface area contributed by atoms with Gasteiger partial charge in [-0.15, -0.1) is 0 Å². The molecule has 0 bridgehead atoms. The number of benzene rings is 4. The van der Waals surface area contributed by atoms with Crippen LogP contribution >= 0.6 is 0 Å². The highest BCUT2D eigenvalue weighted by atomic mass is 16.7. The smallest absolute Gasteiger partial charge is 0.307 e. The van der Waals surface area contributed by atoms with Crippen LogP contribution in [0.3, 0.4) is 0 Å². The van der Waals surface area contributed by atoms with Crippen LogP contribution in [0.15, 0.2) is 84.9 Å². The second-order valence-corrected chi connectivity index (χ2v) is 16.1. The first-order valence-electron chi connectivity index (χ1n) is 21.1. The summed E-state index contributed by atoms with van der Waals surface area (Å²) in [6.07, 6.45) is -9.07. The number of hydrogen-bond acceptors (Lipinski definition) is 14. The molecule has 2 fully saturated rings. The number of carbonyl (C=O) groups is 2. The number of unbranched alkanes of at least 4 members (excludes halogenated alkanes) is 4. The number of aryl methyl sites for hydroxylation is 2. The van der Waals surface area contributed by atoms with E-state index in [4.69, 9.17) is 18.9 Å². The number of rotatable bonds is 20. The van der Waals surface area contributed by atoms with Crippen LogP contribution in [-0.2, 0) is 44.7 Å². The predicted molar refractivity (Wildman–Crippen MR) is 226 cm³/mol. The van der Waals surface area contributed by atoms with E-state index in [1.807, 2.05) is 36.4 Å². The van der Waals surface area contributed by atoms with E-state index in [0.717, 1.165) is 56.1 Å². The summed E-state index contributed by atoms with van der Waals surface area (Å²) in [7, 11) is 0. The monoisotopic (exact) mass is 876 g/mol. The first-order chi connectivity index (χ1) is 30.3. The van der Waals surface area contributed by atoms with E-state index >= 15 is 0 Å². The maximum atomic E-state index is 11.5. The fourth-order valence-corrected chi connectivity index (χ4v) is 7.94. The van der Waals surface area contributed by atoms with E-state index in [2.05, 4.69) is 0 Å². The van der Waals surface area contributed by atoms with Crippen molar-refractivity contribution in [1.29, 1.82) is 0 Å². The molecule has 2 aliphatic heterocycles. The Kier molecular flexibility index (Phi) is 16.6. The molecule has 2 heterocycles. The topological polar surface area (TPSA) is 273 Å². The fourth-order valence-electron chi connectivity index (χ4n) is 7.94. The lowest BCUT2D eigenvalue weighted by Crippen LogP contribution is -2.60. The summed E-state index contributed by atoms with van der Waals surface area (Å²) in [5.74, 6) is -1.39. The third kappa shape index (κ3) is 12.2. The molecule has 16 nitrogen and oxygen atoms in total. The molecule has 0 spiro atoms. The zero-order valence-corrected chi connectivity index (χ0v) is 34.6. The lowest BCUT2D eigenvalue weighted by atomic mass is 9.96. The van der Waals surface area contributed by atoms with Gasteiger partial charge in [-0.2, -0.15) is 0 Å². The van der Waals surface area contributed by atoms with Gasteiger partial charge in [0, 0.05) is 11.1 Å². The highest BCUT2D eigenvalue weighted by Crippen LogP contribution is 2.37. The van der Waals surface area contributed by atoms with Crippen LogP contribution in [0.2, 0.25) is 0 Å². The summed E-state index contributed by atoms with van der Waals surface area (Å²) >= 11 is 0. The molecule has 0 unspecified atom stereocenters. The van der Waals surface area contributed by atoms with Gasteiger partial charge in [-0.25, -0.2) is 0 Å². The molecule has 4 aromatic carbocycles. The minimum Gasteiger partial charge on any atom is -0.481 e. The Morgan fingerprint density at radius 2 is 0.873 bits per heavy atom. The van der Waals surface area contributed by atoms with Crippen molar-refractivity contribution in [1.82, 2.24) is 0 Å². The molecule has 340 valence electrons. The Labute approximate surface area is 364 Å². The molecule has 4 aromatic rings. The molecule has 6 rings (SSSR count). The molecule has 0 saturated carbocycles. The lowest BCUT2D eigenvalue weighted by Gasteiger charge is -2.39. The Balaban J connectivity index is 1.09. The van der Waals surface area contributed by atoms with Crippen molar-refractivity contribution in [3.05, 3.63) is 107 Å². The van der Waals surface area contributed by atoms with Crippen molar-refractivity contribution < 1.29 is 79.6 Å². The lowest BCUT2D eigenvalue weighted by molar-refractivity contribution is -0.277. The van der Waals surface area contributed by atoms with E-state index in [1.54, 1.807) is 48.5 Å². The van der Waals surface area contributed by atoms with Gasteiger partial charge in [-0.3, -0.25) is 9.59 Å². The molecule has 0 aromatic heterocycles. The Morgan fingerprint density at radius 1 is 0.476 bits per heavy atom. The summed E-state index contributed by atoms with van der Waals surface area (Å²) in [5, 5.41) is 101. The Morgan fingerprint density at radius 3 is 1.25 bits per heavy atom. The van der Waals surface area contributed by atoms with Gasteiger partial charge in [0.05, 0.1) is 26.1 Å². The second-order valence-electron chi connectivity index (χ2n) is 16.1. The number of ether oxygens (including phenoxy) is 4. The number of carboxylic acids is 2. The maximum Gasteiger partial charge on any atom is 0.307 e. The number of carboxylic acid groups (broad SMARTS) is 2. The van der Waals surface area contributed by atoms with Gasteiger partial charge in [0.25, 0.3) is 0 Å². The summed E-state index contributed by atoms with van der Waals surface area (Å²) in [4.78, 5) is 22.9. The van der Waals surface area contributed by atoms with E-state index in [9.17, 15) is 60.7 Å². The zero-order chi connectivity index (χ0) is 45.2. The number of aliphatic carboxylic acids is 2. The molecular weight excluding hydrogens is 821 g/mol. The van der Waals surface area contributed by atoms with Crippen molar-refractivity contribution in [2.45, 2.75) is 119 Å². The normalized spacial score (nSPS) is 26.0. The van der Waals surface area contributed by atoms with Gasteiger partial charge < -0.3 is 70.0 Å². The van der Waals surface area contributed by atoms with E-state index in [-0.39, 0.29) is 12.8 Å². The van der Waals surface area contributed by atoms with Gasteiger partial charge in [0.1, 0.15) is 60.3 Å². The Hall–Kier alpha value is -4.98. The van der Waals surface area contributed by atoms with Crippen LogP contribution < -0.4 is 9.47 Å². The van der Waals surface area contributed by atoms with E-state index in [1.165, 1.54) is 0 Å². The van der Waals surface area contributed by atoms with Crippen molar-refractivity contribution in [3.8, 4) is 33.8 Å². The molecule has 2 saturated heterocycles. The van der Waals surface area contributed by atoms with Gasteiger partial charge in [0.15, 0.2) is 0 Å². The highest BCUT2D eigenvalue weighted by Gasteiger charge is 2.46. The minimum atomic E-state index is -1.62. The van der Waals surface area contributed by atoms with Crippen molar-refractivity contribution in [2.75, 3.05) is 13.2 Å². The molecule has 0 radical (unpaired) electrons. The molecule has 0 amide bonds. The van der Waals surface area contributed by atoms with Crippen LogP contribution in [0.5, 0.6) is 11.5 Å². The van der Waals surface area contributed by atoms with Crippen molar-refractivity contribution in [3.63, 3.8) is 0 Å². The van der Waals surface area contributed by atoms with Gasteiger partial charge in [-0.05, 0) is 83.3 Å². The van der Waals surface area contributed by atoms with E-state index in [0.29, 0.717) is 44.9 Å². The van der Waals surface area contributed by atoms with Crippen LogP contribution in [-0.4, -0.2) is 138 Å². The third-order valence-electron chi connectivity index (χ3n) is 11.4. The minimum absolute atomic E-state index is 0.189. The molecule has 16 heteroatoms. The molecule has 2 aliphatic rings. The van der Waals surface area contributed by atoms with Crippen LogP contribution in [0.25, 0.3) is 22.3 Å². The second kappa shape index (κ2) is 22.1. The molecule has 10 atom stereocenters. The van der Waals surface area contributed by atoms with E-state index < -0.39 is 86.6 Å². The summed E-state index contributed by atoms with van der Waals surface area (Å²) in [5.41, 5.74) is 5.66. The summed E-state index contributed by atoms with van der Waals surface area (Å²) in [6.45, 7) is -1.22. The number of aliphatic hydroxyl groups excluding tert-OH is 8. The first-order valence-corrected chi connectivity index (χ1v) is 21.1. The van der Waals surface area contributed by atoms with Crippen molar-refractivity contribution >= 4 is 11.9 Å². The SMILES string of the molecule is O=C(O)Cc1cccc(-c2cc(CCCCCCCc3ccc(O[C@@H]4O[C@H](CO)[C@@H](O)[C@H](O)[C@@H]4O)c(-c4cccc(CC(=O)O)c4)c3)ccc2O[C@@H]2O[C@H](CO)[C@@H](O)[C@H](O)[C@@H]2O)c1. The van der Waals surface area contributed by atoms with Gasteiger partial charge >= 0.3 is 11.9 Å². The number of aliphatic hydroxyl groups is 8. The van der Waals surface area contributed by atoms with Crippen LogP contribution in [0, 0.1) is 0 Å². The third-order valence-corrected chi connectivity index (χ3v) is 11.4. The first kappa shape index (κ1) is 47.5. The quantitative estimate of drug-likeness (QED) is 0.0571.